The quantitative estimate of drug-likeness (QED) is 0.848. The van der Waals surface area contributed by atoms with E-state index in [9.17, 15) is 4.79 Å². The maximum atomic E-state index is 12.6. The minimum Gasteiger partial charge on any atom is -0.472 e. The molecule has 0 unspecified atom stereocenters. The van der Waals surface area contributed by atoms with Gasteiger partial charge in [0.1, 0.15) is 6.26 Å². The van der Waals surface area contributed by atoms with Gasteiger partial charge in [-0.1, -0.05) is 0 Å². The van der Waals surface area contributed by atoms with E-state index in [1.807, 2.05) is 18.3 Å². The fraction of sp³-hybridized carbons (Fsp3) is 0.529. The van der Waals surface area contributed by atoms with Gasteiger partial charge in [-0.25, -0.2) is 4.98 Å². The molecule has 1 saturated carbocycles. The third-order valence-corrected chi connectivity index (χ3v) is 4.66. The lowest BCUT2D eigenvalue weighted by Gasteiger charge is -2.32. The summed E-state index contributed by atoms with van der Waals surface area (Å²) >= 11 is 0. The van der Waals surface area contributed by atoms with Gasteiger partial charge in [-0.2, -0.15) is 0 Å². The highest BCUT2D eigenvalue weighted by Crippen LogP contribution is 2.31. The van der Waals surface area contributed by atoms with Gasteiger partial charge in [0.25, 0.3) is 5.91 Å². The van der Waals surface area contributed by atoms with Crippen LogP contribution in [0.25, 0.3) is 0 Å². The Hall–Kier alpha value is -2.08. The van der Waals surface area contributed by atoms with Crippen molar-refractivity contribution in [3.63, 3.8) is 0 Å². The van der Waals surface area contributed by atoms with E-state index >= 15 is 0 Å². The van der Waals surface area contributed by atoms with E-state index < -0.39 is 0 Å². The van der Waals surface area contributed by atoms with Crippen LogP contribution in [-0.4, -0.2) is 40.1 Å². The van der Waals surface area contributed by atoms with Crippen LogP contribution in [0, 0.1) is 5.92 Å². The molecule has 1 aliphatic carbocycles. The number of aromatic nitrogens is 2. The summed E-state index contributed by atoms with van der Waals surface area (Å²) < 4.78 is 13.0. The third kappa shape index (κ3) is 2.91. The van der Waals surface area contributed by atoms with Crippen molar-refractivity contribution in [3.05, 3.63) is 41.9 Å². The van der Waals surface area contributed by atoms with Crippen molar-refractivity contribution in [2.75, 3.05) is 19.8 Å². The molecule has 2 aliphatic rings. The van der Waals surface area contributed by atoms with Gasteiger partial charge in [-0.05, 0) is 24.8 Å². The molecule has 1 amide bonds. The second-order valence-corrected chi connectivity index (χ2v) is 6.56. The standard InChI is InChI=1S/C17H21N3O3/c1-19-11-18-15-7-20(17(21)13-4-5-22-9-13)6-14(16(15)19)10-23-8-12-2-3-12/h4-5,9,11-12,14H,2-3,6-8,10H2,1H3/t14-/m1/s1. The summed E-state index contributed by atoms with van der Waals surface area (Å²) in [6.07, 6.45) is 7.41. The van der Waals surface area contributed by atoms with Crippen molar-refractivity contribution in [1.29, 1.82) is 0 Å². The summed E-state index contributed by atoms with van der Waals surface area (Å²) in [7, 11) is 2.01. The highest BCUT2D eigenvalue weighted by molar-refractivity contribution is 5.94. The van der Waals surface area contributed by atoms with Gasteiger partial charge in [-0.15, -0.1) is 0 Å². The summed E-state index contributed by atoms with van der Waals surface area (Å²) in [4.78, 5) is 18.9. The predicted molar refractivity (Wildman–Crippen MR) is 82.9 cm³/mol. The molecular formula is C17H21N3O3. The molecule has 122 valence electrons. The fourth-order valence-electron chi connectivity index (χ4n) is 3.25. The van der Waals surface area contributed by atoms with E-state index in [1.165, 1.54) is 31.1 Å². The molecule has 4 rings (SSSR count). The first-order valence-electron chi connectivity index (χ1n) is 8.11. The minimum atomic E-state index is -0.0118. The lowest BCUT2D eigenvalue weighted by molar-refractivity contribution is 0.0618. The summed E-state index contributed by atoms with van der Waals surface area (Å²) in [5.74, 6) is 0.899. The molecule has 2 aromatic heterocycles. The monoisotopic (exact) mass is 315 g/mol. The fourth-order valence-corrected chi connectivity index (χ4v) is 3.25. The first kappa shape index (κ1) is 14.5. The molecule has 0 spiro atoms. The number of hydrogen-bond acceptors (Lipinski definition) is 4. The normalized spacial score (nSPS) is 20.6. The number of fused-ring (bicyclic) bond motifs is 1. The summed E-state index contributed by atoms with van der Waals surface area (Å²) in [5, 5.41) is 0. The lowest BCUT2D eigenvalue weighted by Crippen LogP contribution is -2.40. The molecular weight excluding hydrogens is 294 g/mol. The van der Waals surface area contributed by atoms with Crippen molar-refractivity contribution >= 4 is 5.91 Å². The second kappa shape index (κ2) is 5.85. The van der Waals surface area contributed by atoms with Crippen molar-refractivity contribution < 1.29 is 13.9 Å². The van der Waals surface area contributed by atoms with Crippen molar-refractivity contribution in [1.82, 2.24) is 14.5 Å². The number of carbonyl (C=O) groups is 1. The van der Waals surface area contributed by atoms with Crippen LogP contribution in [0.2, 0.25) is 0 Å². The molecule has 6 heteroatoms. The number of amides is 1. The molecule has 0 bridgehead atoms. The Bertz CT molecular complexity index is 688. The van der Waals surface area contributed by atoms with Gasteiger partial charge in [0.2, 0.25) is 0 Å². The zero-order valence-corrected chi connectivity index (χ0v) is 13.3. The average Bonchev–Trinajstić information content (AvgIpc) is 3.07. The summed E-state index contributed by atoms with van der Waals surface area (Å²) in [6, 6.07) is 1.70. The van der Waals surface area contributed by atoms with Crippen LogP contribution in [-0.2, 0) is 18.3 Å². The number of imidazole rings is 1. The Morgan fingerprint density at radius 1 is 1.43 bits per heavy atom. The zero-order valence-electron chi connectivity index (χ0n) is 13.3. The van der Waals surface area contributed by atoms with E-state index in [1.54, 1.807) is 6.07 Å². The Labute approximate surface area is 135 Å². The average molecular weight is 315 g/mol. The molecule has 0 N–H and O–H groups in total. The van der Waals surface area contributed by atoms with Crippen molar-refractivity contribution in [2.24, 2.45) is 13.0 Å². The van der Waals surface area contributed by atoms with Gasteiger partial charge >= 0.3 is 0 Å². The second-order valence-electron chi connectivity index (χ2n) is 6.56. The molecule has 0 aromatic carbocycles. The lowest BCUT2D eigenvalue weighted by atomic mass is 9.98. The number of furan rings is 1. The maximum Gasteiger partial charge on any atom is 0.257 e. The SMILES string of the molecule is Cn1cnc2c1[C@@H](COCC1CC1)CN(C(=O)c1ccoc1)C2. The van der Waals surface area contributed by atoms with Crippen LogP contribution < -0.4 is 0 Å². The predicted octanol–water partition coefficient (Wildman–Crippen LogP) is 2.18. The van der Waals surface area contributed by atoms with Crippen LogP contribution in [0.3, 0.4) is 0 Å². The van der Waals surface area contributed by atoms with Crippen molar-refractivity contribution in [3.8, 4) is 0 Å². The number of nitrogens with zero attached hydrogens (tertiary/aromatic N) is 3. The van der Waals surface area contributed by atoms with E-state index in [0.29, 0.717) is 25.3 Å². The van der Waals surface area contributed by atoms with Gasteiger partial charge < -0.3 is 18.6 Å². The van der Waals surface area contributed by atoms with Crippen LogP contribution in [0.15, 0.2) is 29.3 Å². The number of rotatable bonds is 5. The Balaban J connectivity index is 1.51. The largest absolute Gasteiger partial charge is 0.472 e. The Morgan fingerprint density at radius 2 is 2.30 bits per heavy atom. The third-order valence-electron chi connectivity index (χ3n) is 4.66. The summed E-state index contributed by atoms with van der Waals surface area (Å²) in [6.45, 7) is 2.66. The topological polar surface area (TPSA) is 60.5 Å². The molecule has 3 heterocycles. The molecule has 23 heavy (non-hydrogen) atoms. The van der Waals surface area contributed by atoms with Crippen LogP contribution >= 0.6 is 0 Å². The van der Waals surface area contributed by atoms with Gasteiger partial charge in [0.05, 0.1) is 37.0 Å². The van der Waals surface area contributed by atoms with Crippen LogP contribution in [0.5, 0.6) is 0 Å². The number of carbonyl (C=O) groups excluding carboxylic acids is 1. The van der Waals surface area contributed by atoms with Gasteiger partial charge in [-0.3, -0.25) is 4.79 Å². The first-order valence-corrected chi connectivity index (χ1v) is 8.11. The highest BCUT2D eigenvalue weighted by atomic mass is 16.5. The molecule has 2 aromatic rings. The Morgan fingerprint density at radius 3 is 3.04 bits per heavy atom. The van der Waals surface area contributed by atoms with E-state index in [4.69, 9.17) is 9.15 Å². The van der Waals surface area contributed by atoms with E-state index in [0.717, 1.165) is 18.2 Å². The first-order chi connectivity index (χ1) is 11.2. The zero-order chi connectivity index (χ0) is 15.8. The van der Waals surface area contributed by atoms with E-state index in [2.05, 4.69) is 9.55 Å². The molecule has 1 atom stereocenters. The number of aryl methyl sites for hydroxylation is 1. The maximum absolute atomic E-state index is 12.6. The van der Waals surface area contributed by atoms with Crippen LogP contribution in [0.1, 0.15) is 40.5 Å². The smallest absolute Gasteiger partial charge is 0.257 e. The van der Waals surface area contributed by atoms with Crippen LogP contribution in [0.4, 0.5) is 0 Å². The molecule has 6 nitrogen and oxygen atoms in total. The summed E-state index contributed by atoms with van der Waals surface area (Å²) in [5.41, 5.74) is 2.75. The number of ether oxygens (including phenoxy) is 1. The molecule has 1 fully saturated rings. The molecule has 0 radical (unpaired) electrons. The minimum absolute atomic E-state index is 0.0118. The number of hydrogen-bond donors (Lipinski definition) is 0. The molecule has 0 saturated heterocycles. The van der Waals surface area contributed by atoms with Crippen molar-refractivity contribution in [2.45, 2.75) is 25.3 Å². The Kier molecular flexibility index (Phi) is 3.69. The van der Waals surface area contributed by atoms with E-state index in [-0.39, 0.29) is 11.8 Å². The highest BCUT2D eigenvalue weighted by Gasteiger charge is 2.32. The van der Waals surface area contributed by atoms with Gasteiger partial charge in [0, 0.05) is 31.8 Å². The molecule has 1 aliphatic heterocycles. The van der Waals surface area contributed by atoms with Gasteiger partial charge in [0.15, 0.2) is 0 Å².